The molecule has 0 saturated carbocycles. The van der Waals surface area contributed by atoms with Crippen molar-refractivity contribution >= 4 is 23.8 Å². The third kappa shape index (κ3) is 6.58. The van der Waals surface area contributed by atoms with Crippen molar-refractivity contribution in [2.75, 3.05) is 39.0 Å². The van der Waals surface area contributed by atoms with Gasteiger partial charge in [-0.25, -0.2) is 9.48 Å². The first kappa shape index (κ1) is 22.9. The van der Waals surface area contributed by atoms with Crippen LogP contribution in [-0.4, -0.2) is 86.7 Å². The van der Waals surface area contributed by atoms with Crippen LogP contribution in [0.5, 0.6) is 5.75 Å². The number of thioether (sulfide) groups is 1. The van der Waals surface area contributed by atoms with Gasteiger partial charge in [-0.1, -0.05) is 23.9 Å². The second kappa shape index (κ2) is 9.99. The van der Waals surface area contributed by atoms with E-state index in [9.17, 15) is 9.59 Å². The van der Waals surface area contributed by atoms with Crippen LogP contribution >= 0.6 is 11.8 Å². The zero-order valence-corrected chi connectivity index (χ0v) is 19.1. The number of nitrogens with zero attached hydrogens (tertiary/aromatic N) is 6. The number of piperazine rings is 1. The zero-order chi connectivity index (χ0) is 22.4. The summed E-state index contributed by atoms with van der Waals surface area (Å²) < 4.78 is 12.2. The van der Waals surface area contributed by atoms with Gasteiger partial charge in [0.1, 0.15) is 11.4 Å². The molecule has 10 nitrogen and oxygen atoms in total. The first-order valence-electron chi connectivity index (χ1n) is 10.0. The summed E-state index contributed by atoms with van der Waals surface area (Å²) in [5, 5.41) is 12.4. The van der Waals surface area contributed by atoms with E-state index in [-0.39, 0.29) is 17.8 Å². The van der Waals surface area contributed by atoms with Gasteiger partial charge in [-0.2, -0.15) is 0 Å². The number of ether oxygens (including phenoxy) is 2. The molecule has 2 amide bonds. The molecule has 1 aliphatic heterocycles. The molecule has 1 fully saturated rings. The number of benzene rings is 1. The van der Waals surface area contributed by atoms with E-state index >= 15 is 0 Å². The lowest BCUT2D eigenvalue weighted by Gasteiger charge is -2.35. The molecule has 0 aliphatic carbocycles. The Bertz CT molecular complexity index is 888. The number of amides is 2. The molecule has 0 bridgehead atoms. The summed E-state index contributed by atoms with van der Waals surface area (Å²) in [6, 6.07) is 7.66. The van der Waals surface area contributed by atoms with Crippen LogP contribution in [0, 0.1) is 0 Å². The van der Waals surface area contributed by atoms with E-state index in [0.29, 0.717) is 37.9 Å². The predicted octanol–water partition coefficient (Wildman–Crippen LogP) is 1.90. The Hall–Kier alpha value is -2.82. The van der Waals surface area contributed by atoms with Gasteiger partial charge in [0.25, 0.3) is 0 Å². The van der Waals surface area contributed by atoms with Crippen LogP contribution in [0.4, 0.5) is 4.79 Å². The predicted molar refractivity (Wildman–Crippen MR) is 115 cm³/mol. The van der Waals surface area contributed by atoms with Crippen molar-refractivity contribution in [3.8, 4) is 5.75 Å². The van der Waals surface area contributed by atoms with Crippen LogP contribution in [0.3, 0.4) is 0 Å². The number of tetrazole rings is 1. The maximum atomic E-state index is 12.6. The highest BCUT2D eigenvalue weighted by Crippen LogP contribution is 2.18. The zero-order valence-electron chi connectivity index (χ0n) is 18.3. The quantitative estimate of drug-likeness (QED) is 0.618. The van der Waals surface area contributed by atoms with Gasteiger partial charge in [-0.3, -0.25) is 4.79 Å². The summed E-state index contributed by atoms with van der Waals surface area (Å²) in [7, 11) is 1.62. The first-order valence-corrected chi connectivity index (χ1v) is 11.0. The lowest BCUT2D eigenvalue weighted by atomic mass is 10.2. The fourth-order valence-corrected chi connectivity index (χ4v) is 3.76. The number of hydrogen-bond donors (Lipinski definition) is 0. The molecule has 0 atom stereocenters. The SMILES string of the molecule is COc1ccc(Cn2nnnc2SCC(=O)N2CCN(C(=O)OC(C)(C)C)CC2)cc1. The van der Waals surface area contributed by atoms with Crippen molar-refractivity contribution in [3.63, 3.8) is 0 Å². The molecule has 1 aliphatic rings. The second-order valence-corrected chi connectivity index (χ2v) is 9.05. The largest absolute Gasteiger partial charge is 0.497 e. The highest BCUT2D eigenvalue weighted by molar-refractivity contribution is 7.99. The number of carbonyl (C=O) groups is 2. The van der Waals surface area contributed by atoms with Crippen LogP contribution in [0.25, 0.3) is 0 Å². The summed E-state index contributed by atoms with van der Waals surface area (Å²) in [6.45, 7) is 7.90. The number of hydrogen-bond acceptors (Lipinski definition) is 8. The summed E-state index contributed by atoms with van der Waals surface area (Å²) >= 11 is 1.30. The van der Waals surface area contributed by atoms with Crippen LogP contribution in [0.1, 0.15) is 26.3 Å². The molecule has 1 aromatic carbocycles. The van der Waals surface area contributed by atoms with Crippen LogP contribution in [0.15, 0.2) is 29.4 Å². The molecule has 0 N–H and O–H groups in total. The fourth-order valence-electron chi connectivity index (χ4n) is 2.99. The topological polar surface area (TPSA) is 103 Å². The van der Waals surface area contributed by atoms with E-state index in [1.807, 2.05) is 45.0 Å². The van der Waals surface area contributed by atoms with Gasteiger partial charge in [-0.15, -0.1) is 5.10 Å². The Morgan fingerprint density at radius 2 is 1.71 bits per heavy atom. The monoisotopic (exact) mass is 448 g/mol. The smallest absolute Gasteiger partial charge is 0.410 e. The molecule has 168 valence electrons. The molecule has 31 heavy (non-hydrogen) atoms. The van der Waals surface area contributed by atoms with Crippen LogP contribution in [-0.2, 0) is 16.1 Å². The molecule has 2 heterocycles. The molecule has 0 radical (unpaired) electrons. The summed E-state index contributed by atoms with van der Waals surface area (Å²) in [4.78, 5) is 28.2. The van der Waals surface area contributed by atoms with Gasteiger partial charge in [0.05, 0.1) is 19.4 Å². The number of rotatable bonds is 6. The maximum absolute atomic E-state index is 12.6. The highest BCUT2D eigenvalue weighted by Gasteiger charge is 2.27. The van der Waals surface area contributed by atoms with Gasteiger partial charge in [0, 0.05) is 26.2 Å². The Labute approximate surface area is 185 Å². The average Bonchev–Trinajstić information content (AvgIpc) is 3.18. The summed E-state index contributed by atoms with van der Waals surface area (Å²) in [5.74, 6) is 1.01. The van der Waals surface area contributed by atoms with E-state index in [4.69, 9.17) is 9.47 Å². The summed E-state index contributed by atoms with van der Waals surface area (Å²) in [5.41, 5.74) is 0.496. The molecular weight excluding hydrogens is 420 g/mol. The Balaban J connectivity index is 1.47. The van der Waals surface area contributed by atoms with E-state index in [2.05, 4.69) is 15.5 Å². The second-order valence-electron chi connectivity index (χ2n) is 8.10. The Morgan fingerprint density at radius 1 is 1.06 bits per heavy atom. The van der Waals surface area contributed by atoms with Crippen molar-refractivity contribution in [1.82, 2.24) is 30.0 Å². The van der Waals surface area contributed by atoms with Gasteiger partial charge in [-0.05, 0) is 48.9 Å². The Morgan fingerprint density at radius 3 is 2.32 bits per heavy atom. The molecule has 0 unspecified atom stereocenters. The first-order chi connectivity index (χ1) is 14.7. The van der Waals surface area contributed by atoms with Crippen molar-refractivity contribution in [1.29, 1.82) is 0 Å². The lowest BCUT2D eigenvalue weighted by Crippen LogP contribution is -2.52. The maximum Gasteiger partial charge on any atom is 0.410 e. The molecule has 3 rings (SSSR count). The average molecular weight is 449 g/mol. The standard InChI is InChI=1S/C20H28N6O4S/c1-20(2,3)30-19(28)25-11-9-24(10-12-25)17(27)14-31-18-21-22-23-26(18)13-15-5-7-16(29-4)8-6-15/h5-8H,9-14H2,1-4H3. The summed E-state index contributed by atoms with van der Waals surface area (Å²) in [6.07, 6.45) is -0.341. The molecule has 0 spiro atoms. The third-order valence-corrected chi connectivity index (χ3v) is 5.54. The van der Waals surface area contributed by atoms with Gasteiger partial charge >= 0.3 is 6.09 Å². The fraction of sp³-hybridized carbons (Fsp3) is 0.550. The molecule has 11 heteroatoms. The minimum Gasteiger partial charge on any atom is -0.497 e. The van der Waals surface area contributed by atoms with E-state index in [1.165, 1.54) is 11.8 Å². The van der Waals surface area contributed by atoms with Crippen molar-refractivity contribution in [3.05, 3.63) is 29.8 Å². The molecular formula is C20H28N6O4S. The minimum absolute atomic E-state index is 0.00663. The van der Waals surface area contributed by atoms with Crippen molar-refractivity contribution in [2.24, 2.45) is 0 Å². The van der Waals surface area contributed by atoms with Crippen molar-refractivity contribution in [2.45, 2.75) is 38.1 Å². The van der Waals surface area contributed by atoms with Gasteiger partial charge in [0.2, 0.25) is 11.1 Å². The number of aromatic nitrogens is 4. The molecule has 1 saturated heterocycles. The lowest BCUT2D eigenvalue weighted by molar-refractivity contribution is -0.130. The molecule has 2 aromatic rings. The highest BCUT2D eigenvalue weighted by atomic mass is 32.2. The van der Waals surface area contributed by atoms with Crippen LogP contribution in [0.2, 0.25) is 0 Å². The van der Waals surface area contributed by atoms with Crippen LogP contribution < -0.4 is 4.74 Å². The van der Waals surface area contributed by atoms with Gasteiger partial charge < -0.3 is 19.3 Å². The number of carbonyl (C=O) groups excluding carboxylic acids is 2. The van der Waals surface area contributed by atoms with E-state index in [0.717, 1.165) is 11.3 Å². The Kier molecular flexibility index (Phi) is 7.37. The van der Waals surface area contributed by atoms with E-state index < -0.39 is 5.60 Å². The molecule has 1 aromatic heterocycles. The van der Waals surface area contributed by atoms with Crippen molar-refractivity contribution < 1.29 is 19.1 Å². The number of methoxy groups -OCH3 is 1. The normalized spacial score (nSPS) is 14.5. The van der Waals surface area contributed by atoms with Gasteiger partial charge in [0.15, 0.2) is 0 Å². The third-order valence-electron chi connectivity index (χ3n) is 4.60. The minimum atomic E-state index is -0.531. The van der Waals surface area contributed by atoms with E-state index in [1.54, 1.807) is 21.6 Å².